The molecule has 174 valence electrons. The molecule has 0 bridgehead atoms. The van der Waals surface area contributed by atoms with Crippen molar-refractivity contribution in [2.45, 2.75) is 50.2 Å². The molecule has 1 saturated heterocycles. The second kappa shape index (κ2) is 12.3. The fourth-order valence-electron chi connectivity index (χ4n) is 3.06. The lowest BCUT2D eigenvalue weighted by molar-refractivity contribution is -0.147. The van der Waals surface area contributed by atoms with Crippen LogP contribution in [0.5, 0.6) is 0 Å². The van der Waals surface area contributed by atoms with E-state index in [-0.39, 0.29) is 5.96 Å². The molecule has 0 aromatic carbocycles. The minimum atomic E-state index is -1.62. The Morgan fingerprint density at radius 1 is 1.16 bits per heavy atom. The van der Waals surface area contributed by atoms with Gasteiger partial charge in [-0.3, -0.25) is 24.2 Å². The molecule has 0 aromatic rings. The number of likely N-dealkylation sites (tertiary alicyclic amines) is 1. The fourth-order valence-corrected chi connectivity index (χ4v) is 3.06. The van der Waals surface area contributed by atoms with Gasteiger partial charge in [0, 0.05) is 13.1 Å². The molecule has 1 rings (SSSR count). The van der Waals surface area contributed by atoms with Crippen LogP contribution in [0.1, 0.15) is 32.1 Å². The lowest BCUT2D eigenvalue weighted by atomic mass is 10.1. The molecule has 14 nitrogen and oxygen atoms in total. The van der Waals surface area contributed by atoms with Crippen LogP contribution in [0.15, 0.2) is 4.99 Å². The highest BCUT2D eigenvalue weighted by Gasteiger charge is 2.36. The number of amides is 3. The monoisotopic (exact) mass is 443 g/mol. The predicted molar refractivity (Wildman–Crippen MR) is 107 cm³/mol. The summed E-state index contributed by atoms with van der Waals surface area (Å²) in [6.07, 6.45) is 0.966. The maximum Gasteiger partial charge on any atom is 0.326 e. The number of carboxylic acid groups (broad SMARTS) is 2. The number of nitrogens with two attached hydrogens (primary N) is 3. The summed E-state index contributed by atoms with van der Waals surface area (Å²) in [5.74, 6) is -4.82. The Balaban J connectivity index is 2.55. The zero-order valence-corrected chi connectivity index (χ0v) is 17.0. The van der Waals surface area contributed by atoms with Gasteiger partial charge in [-0.15, -0.1) is 0 Å². The van der Waals surface area contributed by atoms with Gasteiger partial charge in [0.2, 0.25) is 17.7 Å². The van der Waals surface area contributed by atoms with Crippen molar-refractivity contribution in [2.75, 3.05) is 19.6 Å². The van der Waals surface area contributed by atoms with Gasteiger partial charge < -0.3 is 42.9 Å². The zero-order valence-electron chi connectivity index (χ0n) is 17.0. The summed E-state index contributed by atoms with van der Waals surface area (Å²) in [7, 11) is 0. The molecule has 3 atom stereocenters. The van der Waals surface area contributed by atoms with Crippen LogP contribution in [-0.2, 0) is 24.0 Å². The van der Waals surface area contributed by atoms with Crippen LogP contribution in [-0.4, -0.2) is 88.5 Å². The van der Waals surface area contributed by atoms with Crippen LogP contribution in [0.3, 0.4) is 0 Å². The zero-order chi connectivity index (χ0) is 23.6. The molecule has 31 heavy (non-hydrogen) atoms. The predicted octanol–water partition coefficient (Wildman–Crippen LogP) is -3.48. The summed E-state index contributed by atoms with van der Waals surface area (Å²) < 4.78 is 0. The average Bonchev–Trinajstić information content (AvgIpc) is 3.17. The van der Waals surface area contributed by atoms with E-state index in [1.54, 1.807) is 0 Å². The van der Waals surface area contributed by atoms with E-state index in [0.29, 0.717) is 38.8 Å². The van der Waals surface area contributed by atoms with Gasteiger partial charge in [-0.25, -0.2) is 4.79 Å². The highest BCUT2D eigenvalue weighted by molar-refractivity contribution is 5.93. The largest absolute Gasteiger partial charge is 0.481 e. The van der Waals surface area contributed by atoms with E-state index in [4.69, 9.17) is 27.4 Å². The normalized spacial score (nSPS) is 17.3. The molecule has 3 unspecified atom stereocenters. The standard InChI is InChI=1S/C17H29N7O7/c18-9(3-1-5-21-17(19)20)15(29)24-6-2-4-11(24)14(28)22-8-12(25)23-10(16(30)31)7-13(26)27/h9-11H,1-8,18H2,(H,22,28)(H,23,25)(H,26,27)(H,30,31)(H4,19,20,21). The lowest BCUT2D eigenvalue weighted by Gasteiger charge is -2.26. The van der Waals surface area contributed by atoms with Gasteiger partial charge in [-0.1, -0.05) is 0 Å². The summed E-state index contributed by atoms with van der Waals surface area (Å²) in [4.78, 5) is 63.7. The third kappa shape index (κ3) is 8.86. The van der Waals surface area contributed by atoms with E-state index >= 15 is 0 Å². The molecule has 0 radical (unpaired) electrons. The lowest BCUT2D eigenvalue weighted by Crippen LogP contribution is -2.53. The highest BCUT2D eigenvalue weighted by atomic mass is 16.4. The van der Waals surface area contributed by atoms with Gasteiger partial charge in [0.15, 0.2) is 5.96 Å². The number of aliphatic imine (C=N–C) groups is 1. The average molecular weight is 443 g/mol. The molecule has 1 heterocycles. The van der Waals surface area contributed by atoms with E-state index in [1.165, 1.54) is 4.90 Å². The van der Waals surface area contributed by atoms with Crippen LogP contribution >= 0.6 is 0 Å². The third-order valence-electron chi connectivity index (χ3n) is 4.56. The number of nitrogens with zero attached hydrogens (tertiary/aromatic N) is 2. The van der Waals surface area contributed by atoms with E-state index in [2.05, 4.69) is 10.3 Å². The van der Waals surface area contributed by atoms with E-state index in [0.717, 1.165) is 0 Å². The topological polar surface area (TPSA) is 244 Å². The minimum absolute atomic E-state index is 0.0575. The first-order valence-corrected chi connectivity index (χ1v) is 9.66. The van der Waals surface area contributed by atoms with Crippen molar-refractivity contribution >= 4 is 35.6 Å². The van der Waals surface area contributed by atoms with Gasteiger partial charge >= 0.3 is 11.9 Å². The Hall–Kier alpha value is -3.42. The second-order valence-corrected chi connectivity index (χ2v) is 7.02. The number of aliphatic carboxylic acids is 2. The Kier molecular flexibility index (Phi) is 10.2. The first kappa shape index (κ1) is 25.6. The van der Waals surface area contributed by atoms with Crippen molar-refractivity contribution < 1.29 is 34.2 Å². The summed E-state index contributed by atoms with van der Waals surface area (Å²) in [6, 6.07) is -3.26. The molecule has 1 aliphatic heterocycles. The minimum Gasteiger partial charge on any atom is -0.481 e. The number of hydrogen-bond donors (Lipinski definition) is 7. The van der Waals surface area contributed by atoms with E-state index in [1.807, 2.05) is 5.32 Å². The van der Waals surface area contributed by atoms with Gasteiger partial charge in [-0.2, -0.15) is 0 Å². The van der Waals surface area contributed by atoms with Crippen molar-refractivity contribution in [3.63, 3.8) is 0 Å². The molecule has 0 aliphatic carbocycles. The van der Waals surface area contributed by atoms with Crippen molar-refractivity contribution in [1.82, 2.24) is 15.5 Å². The molecule has 0 spiro atoms. The van der Waals surface area contributed by atoms with Crippen molar-refractivity contribution in [3.05, 3.63) is 0 Å². The Labute approximate surface area is 178 Å². The summed E-state index contributed by atoms with van der Waals surface area (Å²) in [6.45, 7) is 0.0945. The fraction of sp³-hybridized carbons (Fsp3) is 0.647. The number of carboxylic acids is 2. The van der Waals surface area contributed by atoms with Crippen LogP contribution in [0.25, 0.3) is 0 Å². The van der Waals surface area contributed by atoms with E-state index < -0.39 is 60.8 Å². The molecule has 1 fully saturated rings. The first-order valence-electron chi connectivity index (χ1n) is 9.66. The van der Waals surface area contributed by atoms with Crippen LogP contribution < -0.4 is 27.8 Å². The summed E-state index contributed by atoms with van der Waals surface area (Å²) >= 11 is 0. The highest BCUT2D eigenvalue weighted by Crippen LogP contribution is 2.19. The van der Waals surface area contributed by atoms with Crippen molar-refractivity contribution in [1.29, 1.82) is 0 Å². The second-order valence-electron chi connectivity index (χ2n) is 7.02. The molecule has 3 amide bonds. The molecular weight excluding hydrogens is 414 g/mol. The Morgan fingerprint density at radius 3 is 2.42 bits per heavy atom. The van der Waals surface area contributed by atoms with E-state index in [9.17, 15) is 24.0 Å². The summed E-state index contributed by atoms with van der Waals surface area (Å²) in [5.41, 5.74) is 16.4. The maximum absolute atomic E-state index is 12.6. The van der Waals surface area contributed by atoms with Gasteiger partial charge in [-0.05, 0) is 25.7 Å². The number of hydrogen-bond acceptors (Lipinski definition) is 7. The SMILES string of the molecule is NC(N)=NCCCC(N)C(=O)N1CCCC1C(=O)NCC(=O)NC(CC(=O)O)C(=O)O. The van der Waals surface area contributed by atoms with Gasteiger partial charge in [0.25, 0.3) is 0 Å². The Morgan fingerprint density at radius 2 is 1.84 bits per heavy atom. The number of guanidine groups is 1. The van der Waals surface area contributed by atoms with Crippen molar-refractivity contribution in [3.8, 4) is 0 Å². The van der Waals surface area contributed by atoms with Gasteiger partial charge in [0.1, 0.15) is 12.1 Å². The molecule has 0 saturated carbocycles. The third-order valence-corrected chi connectivity index (χ3v) is 4.56. The summed E-state index contributed by atoms with van der Waals surface area (Å²) in [5, 5.41) is 22.0. The quantitative estimate of drug-likeness (QED) is 0.0891. The molecule has 1 aliphatic rings. The maximum atomic E-state index is 12.6. The smallest absolute Gasteiger partial charge is 0.326 e. The van der Waals surface area contributed by atoms with Crippen LogP contribution in [0.2, 0.25) is 0 Å². The van der Waals surface area contributed by atoms with Crippen LogP contribution in [0.4, 0.5) is 0 Å². The number of nitrogens with one attached hydrogen (secondary N) is 2. The molecule has 14 heteroatoms. The van der Waals surface area contributed by atoms with Crippen molar-refractivity contribution in [2.24, 2.45) is 22.2 Å². The number of rotatable bonds is 12. The first-order chi connectivity index (χ1) is 14.5. The molecule has 0 aromatic heterocycles. The van der Waals surface area contributed by atoms with Crippen LogP contribution in [0, 0.1) is 0 Å². The van der Waals surface area contributed by atoms with Gasteiger partial charge in [0.05, 0.1) is 19.0 Å². The number of carbonyl (C=O) groups excluding carboxylic acids is 3. The molecule has 10 N–H and O–H groups in total. The number of carbonyl (C=O) groups is 5. The molecular formula is C17H29N7O7. The Bertz CT molecular complexity index is 724.